The summed E-state index contributed by atoms with van der Waals surface area (Å²) in [5.74, 6) is 1.97. The van der Waals surface area contributed by atoms with Crippen molar-refractivity contribution in [2.45, 2.75) is 59.0 Å². The minimum atomic E-state index is -0.279. The second kappa shape index (κ2) is 8.70. The zero-order valence-electron chi connectivity index (χ0n) is 18.2. The first-order chi connectivity index (χ1) is 14.7. The molecule has 3 aliphatic rings. The Morgan fingerprint density at radius 1 is 1.29 bits per heavy atom. The van der Waals surface area contributed by atoms with Crippen molar-refractivity contribution in [2.75, 3.05) is 5.32 Å². The Bertz CT molecular complexity index is 1030. The van der Waals surface area contributed by atoms with Gasteiger partial charge in [0.15, 0.2) is 5.78 Å². The molecule has 5 nitrogen and oxygen atoms in total. The van der Waals surface area contributed by atoms with Crippen LogP contribution in [0.25, 0.3) is 0 Å². The maximum Gasteiger partial charge on any atom is 0.283 e. The van der Waals surface area contributed by atoms with Gasteiger partial charge in [0.05, 0.1) is 11.9 Å². The number of ketones is 1. The number of nitrogens with zero attached hydrogens (tertiary/aromatic N) is 2. The molecule has 0 amide bonds. The van der Waals surface area contributed by atoms with E-state index in [-0.39, 0.29) is 17.9 Å². The summed E-state index contributed by atoms with van der Waals surface area (Å²) in [6.45, 7) is 7.03. The minimum Gasteiger partial charge on any atom is -0.380 e. The number of fused-ring (bicyclic) bond motifs is 2. The third kappa shape index (κ3) is 4.47. The molecule has 3 aliphatic carbocycles. The van der Waals surface area contributed by atoms with Gasteiger partial charge < -0.3 is 5.32 Å². The molecule has 0 saturated heterocycles. The number of nitrogens with one attached hydrogen (secondary N) is 1. The van der Waals surface area contributed by atoms with Crippen molar-refractivity contribution in [3.05, 3.63) is 55.9 Å². The Hall–Kier alpha value is -1.66. The summed E-state index contributed by atoms with van der Waals surface area (Å²) < 4.78 is 1.68. The normalized spacial score (nSPS) is 26.2. The second-order valence-electron chi connectivity index (χ2n) is 9.71. The lowest BCUT2D eigenvalue weighted by atomic mass is 9.45. The number of carbonyl (C=O) groups is 1. The molecule has 31 heavy (non-hydrogen) atoms. The Kier molecular flexibility index (Phi) is 6.32. The van der Waals surface area contributed by atoms with Crippen LogP contribution in [-0.2, 0) is 17.8 Å². The van der Waals surface area contributed by atoms with E-state index in [0.29, 0.717) is 51.3 Å². The topological polar surface area (TPSA) is 64.0 Å². The summed E-state index contributed by atoms with van der Waals surface area (Å²) in [6, 6.07) is 7.79. The summed E-state index contributed by atoms with van der Waals surface area (Å²) in [4.78, 5) is 25.2. The third-order valence-corrected chi connectivity index (χ3v) is 8.63. The molecule has 0 radical (unpaired) electrons. The fourth-order valence-corrected chi connectivity index (χ4v) is 5.95. The molecule has 166 valence electrons. The highest BCUT2D eigenvalue weighted by Gasteiger charge is 2.56. The van der Waals surface area contributed by atoms with Gasteiger partial charge in [0.2, 0.25) is 0 Å². The zero-order chi connectivity index (χ0) is 22.3. The molecule has 1 heterocycles. The lowest BCUT2D eigenvalue weighted by molar-refractivity contribution is -0.119. The maximum atomic E-state index is 12.8. The van der Waals surface area contributed by atoms with Crippen LogP contribution < -0.4 is 10.9 Å². The quantitative estimate of drug-likeness (QED) is 0.550. The van der Waals surface area contributed by atoms with Crippen molar-refractivity contribution in [1.82, 2.24) is 9.78 Å². The number of aryl methyl sites for hydroxylation is 1. The molecule has 2 bridgehead atoms. The first kappa shape index (κ1) is 22.5. The van der Waals surface area contributed by atoms with Crippen LogP contribution in [0.1, 0.15) is 45.6 Å². The first-order valence-electron chi connectivity index (χ1n) is 10.9. The van der Waals surface area contributed by atoms with E-state index in [9.17, 15) is 9.59 Å². The Labute approximate surface area is 196 Å². The van der Waals surface area contributed by atoms with Gasteiger partial charge in [-0.25, -0.2) is 4.68 Å². The fraction of sp³-hybridized carbons (Fsp3) is 0.542. The van der Waals surface area contributed by atoms with Crippen molar-refractivity contribution in [3.8, 4) is 0 Å². The molecule has 4 atom stereocenters. The molecule has 1 N–H and O–H groups in total. The van der Waals surface area contributed by atoms with Crippen LogP contribution in [0.4, 0.5) is 5.69 Å². The van der Waals surface area contributed by atoms with E-state index >= 15 is 0 Å². The van der Waals surface area contributed by atoms with Crippen LogP contribution in [0.5, 0.6) is 0 Å². The highest BCUT2D eigenvalue weighted by atomic mass is 79.9. The van der Waals surface area contributed by atoms with Gasteiger partial charge in [-0.2, -0.15) is 5.10 Å². The molecule has 2 aromatic rings. The highest BCUT2D eigenvalue weighted by molar-refractivity contribution is 9.10. The largest absolute Gasteiger partial charge is 0.380 e. The van der Waals surface area contributed by atoms with E-state index in [1.807, 2.05) is 24.3 Å². The number of halogens is 2. The summed E-state index contributed by atoms with van der Waals surface area (Å²) in [5.41, 5.74) is 1.90. The summed E-state index contributed by atoms with van der Waals surface area (Å²) in [5, 5.41) is 8.49. The SMILES string of the molecule is C[C@@H]1[C@H]2C[C@@H](C[C@H]1Nc1cnn(CC(=O)CCc3ccc(Cl)cc3)c(=O)c1Br)C2(C)C. The van der Waals surface area contributed by atoms with Crippen molar-refractivity contribution in [3.63, 3.8) is 0 Å². The van der Waals surface area contributed by atoms with E-state index in [4.69, 9.17) is 11.6 Å². The number of Topliss-reactive ketones (excluding diaryl/α,β-unsaturated/α-hetero) is 1. The summed E-state index contributed by atoms with van der Waals surface area (Å²) in [6.07, 6.45) is 5.06. The van der Waals surface area contributed by atoms with Crippen molar-refractivity contribution >= 4 is 39.0 Å². The maximum absolute atomic E-state index is 12.8. The van der Waals surface area contributed by atoms with Gasteiger partial charge in [0.25, 0.3) is 5.56 Å². The van der Waals surface area contributed by atoms with Gasteiger partial charge >= 0.3 is 0 Å². The third-order valence-electron chi connectivity index (χ3n) is 7.61. The lowest BCUT2D eigenvalue weighted by Gasteiger charge is -2.62. The van der Waals surface area contributed by atoms with E-state index in [0.717, 1.165) is 17.9 Å². The van der Waals surface area contributed by atoms with Crippen LogP contribution in [0, 0.1) is 23.2 Å². The minimum absolute atomic E-state index is 0.0243. The average molecular weight is 507 g/mol. The average Bonchev–Trinajstić information content (AvgIpc) is 2.74. The molecule has 1 aromatic heterocycles. The summed E-state index contributed by atoms with van der Waals surface area (Å²) >= 11 is 9.33. The molecular weight excluding hydrogens is 478 g/mol. The first-order valence-corrected chi connectivity index (χ1v) is 12.1. The molecular formula is C24H29BrClN3O2. The second-order valence-corrected chi connectivity index (χ2v) is 10.9. The van der Waals surface area contributed by atoms with Crippen LogP contribution in [0.15, 0.2) is 39.7 Å². The van der Waals surface area contributed by atoms with Crippen molar-refractivity contribution in [2.24, 2.45) is 23.2 Å². The molecule has 1 aromatic carbocycles. The monoisotopic (exact) mass is 505 g/mol. The number of carbonyl (C=O) groups excluding carboxylic acids is 1. The summed E-state index contributed by atoms with van der Waals surface area (Å²) in [7, 11) is 0. The molecule has 3 fully saturated rings. The Balaban J connectivity index is 1.38. The van der Waals surface area contributed by atoms with Gasteiger partial charge in [0.1, 0.15) is 11.0 Å². The number of aromatic nitrogens is 2. The van der Waals surface area contributed by atoms with E-state index < -0.39 is 0 Å². The van der Waals surface area contributed by atoms with Crippen molar-refractivity contribution in [1.29, 1.82) is 0 Å². The molecule has 0 aliphatic heterocycles. The fourth-order valence-electron chi connectivity index (χ4n) is 5.40. The zero-order valence-corrected chi connectivity index (χ0v) is 20.5. The molecule has 0 spiro atoms. The smallest absolute Gasteiger partial charge is 0.283 e. The van der Waals surface area contributed by atoms with Crippen molar-refractivity contribution < 1.29 is 4.79 Å². The molecule has 3 saturated carbocycles. The standard InChI is InChI=1S/C24H29BrClN3O2/c1-14-19-10-16(24(19,2)3)11-20(14)28-21-12-27-29(23(31)22(21)25)13-18(30)9-6-15-4-7-17(26)8-5-15/h4-5,7-8,12,14,16,19-20,28H,6,9-11,13H2,1-3H3/t14-,16+,19-,20-/m1/s1. The molecule has 0 unspecified atom stereocenters. The van der Waals surface area contributed by atoms with Crippen LogP contribution in [0.2, 0.25) is 5.02 Å². The Morgan fingerprint density at radius 3 is 2.65 bits per heavy atom. The number of rotatable bonds is 7. The van der Waals surface area contributed by atoms with Gasteiger partial charge in [-0.1, -0.05) is 44.5 Å². The number of hydrogen-bond donors (Lipinski definition) is 1. The number of hydrogen-bond acceptors (Lipinski definition) is 4. The van der Waals surface area contributed by atoms with Gasteiger partial charge in [-0.15, -0.1) is 0 Å². The molecule has 7 heteroatoms. The van der Waals surface area contributed by atoms with E-state index in [1.165, 1.54) is 11.1 Å². The Morgan fingerprint density at radius 2 is 2.00 bits per heavy atom. The predicted octanol–water partition coefficient (Wildman–Crippen LogP) is 5.34. The van der Waals surface area contributed by atoms with Crippen LogP contribution >= 0.6 is 27.5 Å². The van der Waals surface area contributed by atoms with Gasteiger partial charge in [-0.05, 0) is 76.1 Å². The van der Waals surface area contributed by atoms with Crippen LogP contribution in [-0.4, -0.2) is 21.6 Å². The van der Waals surface area contributed by atoms with Crippen LogP contribution in [0.3, 0.4) is 0 Å². The molecule has 5 rings (SSSR count). The van der Waals surface area contributed by atoms with E-state index in [2.05, 4.69) is 47.1 Å². The lowest BCUT2D eigenvalue weighted by Crippen LogP contribution is -2.58. The van der Waals surface area contributed by atoms with E-state index in [1.54, 1.807) is 6.20 Å². The van der Waals surface area contributed by atoms with Gasteiger partial charge in [-0.3, -0.25) is 9.59 Å². The number of anilines is 1. The number of benzene rings is 1. The predicted molar refractivity (Wildman–Crippen MR) is 128 cm³/mol. The van der Waals surface area contributed by atoms with Gasteiger partial charge in [0, 0.05) is 17.5 Å². The highest BCUT2D eigenvalue weighted by Crippen LogP contribution is 2.61.